The number of carbonyl (C=O) groups is 1. The Morgan fingerprint density at radius 3 is 2.12 bits per heavy atom. The molecule has 4 heteroatoms. The maximum atomic E-state index is 12.3. The lowest BCUT2D eigenvalue weighted by Gasteiger charge is -2.33. The van der Waals surface area contributed by atoms with E-state index in [-0.39, 0.29) is 23.9 Å². The van der Waals surface area contributed by atoms with Crippen molar-refractivity contribution in [1.82, 2.24) is 9.80 Å². The highest BCUT2D eigenvalue weighted by atomic mass is 16.2. The van der Waals surface area contributed by atoms with Crippen LogP contribution in [-0.4, -0.2) is 55.0 Å². The minimum absolute atomic E-state index is 0.0798. The van der Waals surface area contributed by atoms with Crippen LogP contribution in [0.1, 0.15) is 34.1 Å². The number of hydrogen-bond donors (Lipinski definition) is 1. The van der Waals surface area contributed by atoms with Gasteiger partial charge in [0, 0.05) is 19.1 Å². The Labute approximate surface area is 106 Å². The number of nitrogens with two attached hydrogens (primary N) is 1. The molecule has 0 aromatic carbocycles. The third-order valence-corrected chi connectivity index (χ3v) is 3.33. The molecule has 0 radical (unpaired) electrons. The topological polar surface area (TPSA) is 49.6 Å². The second kappa shape index (κ2) is 7.67. The van der Waals surface area contributed by atoms with Crippen molar-refractivity contribution in [3.8, 4) is 0 Å². The number of nitrogens with zero attached hydrogens (tertiary/aromatic N) is 2. The van der Waals surface area contributed by atoms with E-state index in [0.717, 1.165) is 19.5 Å². The van der Waals surface area contributed by atoms with Gasteiger partial charge in [0.25, 0.3) is 0 Å². The van der Waals surface area contributed by atoms with E-state index in [0.29, 0.717) is 0 Å². The molecule has 0 aliphatic carbocycles. The molecule has 17 heavy (non-hydrogen) atoms. The Hall–Kier alpha value is -0.610. The Morgan fingerprint density at radius 2 is 1.76 bits per heavy atom. The van der Waals surface area contributed by atoms with E-state index in [9.17, 15) is 4.79 Å². The van der Waals surface area contributed by atoms with Crippen LogP contribution < -0.4 is 5.73 Å². The highest BCUT2D eigenvalue weighted by molar-refractivity contribution is 5.82. The molecule has 102 valence electrons. The number of hydrogen-bond acceptors (Lipinski definition) is 3. The SMILES string of the molecule is CC[C@H](C)[C@H](N)C(=O)N(CC)C(C)CN(C)C. The first-order valence-electron chi connectivity index (χ1n) is 6.55. The van der Waals surface area contributed by atoms with E-state index in [1.54, 1.807) is 0 Å². The number of rotatable bonds is 7. The van der Waals surface area contributed by atoms with Gasteiger partial charge >= 0.3 is 0 Å². The average molecular weight is 243 g/mol. The third-order valence-electron chi connectivity index (χ3n) is 3.33. The van der Waals surface area contributed by atoms with Crippen molar-refractivity contribution in [2.75, 3.05) is 27.2 Å². The normalized spacial score (nSPS) is 16.7. The highest BCUT2D eigenvalue weighted by Gasteiger charge is 2.27. The van der Waals surface area contributed by atoms with Gasteiger partial charge in [-0.3, -0.25) is 4.79 Å². The number of likely N-dealkylation sites (N-methyl/N-ethyl adjacent to an activating group) is 2. The summed E-state index contributed by atoms with van der Waals surface area (Å²) in [7, 11) is 4.03. The van der Waals surface area contributed by atoms with Crippen LogP contribution in [0, 0.1) is 5.92 Å². The first kappa shape index (κ1) is 16.4. The highest BCUT2D eigenvalue weighted by Crippen LogP contribution is 2.11. The number of amides is 1. The smallest absolute Gasteiger partial charge is 0.240 e. The summed E-state index contributed by atoms with van der Waals surface area (Å²) < 4.78 is 0. The molecule has 0 aliphatic heterocycles. The molecule has 0 spiro atoms. The molecule has 0 saturated carbocycles. The summed E-state index contributed by atoms with van der Waals surface area (Å²) in [6.07, 6.45) is 0.937. The molecule has 0 aliphatic rings. The summed E-state index contributed by atoms with van der Waals surface area (Å²) in [4.78, 5) is 16.3. The van der Waals surface area contributed by atoms with Gasteiger partial charge in [0.15, 0.2) is 0 Å². The lowest BCUT2D eigenvalue weighted by Crippen LogP contribution is -2.52. The quantitative estimate of drug-likeness (QED) is 0.730. The fraction of sp³-hybridized carbons (Fsp3) is 0.923. The van der Waals surface area contributed by atoms with Crippen molar-refractivity contribution in [2.24, 2.45) is 11.7 Å². The van der Waals surface area contributed by atoms with Gasteiger partial charge in [-0.2, -0.15) is 0 Å². The van der Waals surface area contributed by atoms with Crippen LogP contribution in [0.4, 0.5) is 0 Å². The van der Waals surface area contributed by atoms with Crippen molar-refractivity contribution in [1.29, 1.82) is 0 Å². The molecule has 0 fully saturated rings. The molecule has 0 heterocycles. The average Bonchev–Trinajstić information content (AvgIpc) is 2.26. The van der Waals surface area contributed by atoms with Crippen LogP contribution in [0.2, 0.25) is 0 Å². The van der Waals surface area contributed by atoms with Crippen LogP contribution in [-0.2, 0) is 4.79 Å². The molecule has 0 aromatic rings. The van der Waals surface area contributed by atoms with Crippen LogP contribution >= 0.6 is 0 Å². The van der Waals surface area contributed by atoms with E-state index in [2.05, 4.69) is 18.7 Å². The van der Waals surface area contributed by atoms with Crippen molar-refractivity contribution in [2.45, 2.75) is 46.2 Å². The van der Waals surface area contributed by atoms with Gasteiger partial charge in [-0.15, -0.1) is 0 Å². The Kier molecular flexibility index (Phi) is 7.39. The van der Waals surface area contributed by atoms with Crippen LogP contribution in [0.3, 0.4) is 0 Å². The summed E-state index contributed by atoms with van der Waals surface area (Å²) in [5.41, 5.74) is 6.01. The monoisotopic (exact) mass is 243 g/mol. The maximum absolute atomic E-state index is 12.3. The zero-order chi connectivity index (χ0) is 13.6. The summed E-state index contributed by atoms with van der Waals surface area (Å²) in [6.45, 7) is 9.77. The third kappa shape index (κ3) is 5.04. The van der Waals surface area contributed by atoms with Crippen molar-refractivity contribution >= 4 is 5.91 Å². The summed E-state index contributed by atoms with van der Waals surface area (Å²) in [5, 5.41) is 0. The van der Waals surface area contributed by atoms with E-state index in [4.69, 9.17) is 5.73 Å². The van der Waals surface area contributed by atoms with Gasteiger partial charge in [0.2, 0.25) is 5.91 Å². The molecule has 0 bridgehead atoms. The molecule has 2 N–H and O–H groups in total. The van der Waals surface area contributed by atoms with Gasteiger partial charge in [-0.25, -0.2) is 0 Å². The standard InChI is InChI=1S/C13H29N3O/c1-7-10(3)12(14)13(17)16(8-2)11(4)9-15(5)6/h10-12H,7-9,14H2,1-6H3/t10-,11?,12-/m0/s1. The van der Waals surface area contributed by atoms with Crippen LogP contribution in [0.5, 0.6) is 0 Å². The van der Waals surface area contributed by atoms with Crippen molar-refractivity contribution in [3.63, 3.8) is 0 Å². The lowest BCUT2D eigenvalue weighted by atomic mass is 9.98. The van der Waals surface area contributed by atoms with E-state index in [1.807, 2.05) is 32.8 Å². The largest absolute Gasteiger partial charge is 0.338 e. The molecular weight excluding hydrogens is 214 g/mol. The zero-order valence-corrected chi connectivity index (χ0v) is 12.2. The molecule has 0 aromatic heterocycles. The molecule has 0 saturated heterocycles. The summed E-state index contributed by atoms with van der Waals surface area (Å²) in [6, 6.07) is -0.165. The second-order valence-electron chi connectivity index (χ2n) is 5.15. The predicted octanol–water partition coefficient (Wildman–Crippen LogP) is 1.16. The molecule has 0 rings (SSSR count). The molecule has 1 unspecified atom stereocenters. The Bertz CT molecular complexity index is 231. The maximum Gasteiger partial charge on any atom is 0.240 e. The van der Waals surface area contributed by atoms with Gasteiger partial charge in [-0.05, 0) is 33.9 Å². The Morgan fingerprint density at radius 1 is 1.24 bits per heavy atom. The first-order valence-corrected chi connectivity index (χ1v) is 6.55. The molecular formula is C13H29N3O. The first-order chi connectivity index (χ1) is 7.84. The van der Waals surface area contributed by atoms with Crippen molar-refractivity contribution < 1.29 is 4.79 Å². The minimum Gasteiger partial charge on any atom is -0.338 e. The predicted molar refractivity (Wildman–Crippen MR) is 72.8 cm³/mol. The van der Waals surface area contributed by atoms with E-state index in [1.165, 1.54) is 0 Å². The van der Waals surface area contributed by atoms with E-state index < -0.39 is 0 Å². The van der Waals surface area contributed by atoms with Gasteiger partial charge in [0.1, 0.15) is 0 Å². The fourth-order valence-corrected chi connectivity index (χ4v) is 2.00. The Balaban J connectivity index is 4.59. The fourth-order valence-electron chi connectivity index (χ4n) is 2.00. The molecule has 3 atom stereocenters. The zero-order valence-electron chi connectivity index (χ0n) is 12.2. The van der Waals surface area contributed by atoms with Gasteiger partial charge in [0.05, 0.1) is 6.04 Å². The van der Waals surface area contributed by atoms with Crippen molar-refractivity contribution in [3.05, 3.63) is 0 Å². The summed E-state index contributed by atoms with van der Waals surface area (Å²) in [5.74, 6) is 0.319. The van der Waals surface area contributed by atoms with E-state index >= 15 is 0 Å². The summed E-state index contributed by atoms with van der Waals surface area (Å²) >= 11 is 0. The lowest BCUT2D eigenvalue weighted by molar-refractivity contribution is -0.135. The number of carbonyl (C=O) groups excluding carboxylic acids is 1. The molecule has 4 nitrogen and oxygen atoms in total. The minimum atomic E-state index is -0.371. The second-order valence-corrected chi connectivity index (χ2v) is 5.15. The molecule has 1 amide bonds. The van der Waals surface area contributed by atoms with Gasteiger partial charge < -0.3 is 15.5 Å². The van der Waals surface area contributed by atoms with Gasteiger partial charge in [-0.1, -0.05) is 20.3 Å². The van der Waals surface area contributed by atoms with Crippen LogP contribution in [0.25, 0.3) is 0 Å². The van der Waals surface area contributed by atoms with Crippen LogP contribution in [0.15, 0.2) is 0 Å².